The number of carbonyl (C=O) groups excluding carboxylic acids is 1. The Bertz CT molecular complexity index is 479. The first kappa shape index (κ1) is 16.2. The fourth-order valence-corrected chi connectivity index (χ4v) is 2.13. The van der Waals surface area contributed by atoms with Crippen LogP contribution in [0.25, 0.3) is 0 Å². The molecule has 1 rings (SSSR count). The minimum Gasteiger partial charge on any atom is -0.481 e. The molecule has 0 saturated carbocycles. The van der Waals surface area contributed by atoms with Gasteiger partial charge in [-0.2, -0.15) is 0 Å². The number of rotatable bonds is 6. The average molecular weight is 396 g/mol. The zero-order valence-corrected chi connectivity index (χ0v) is 13.4. The standard InChI is InChI=1S/C13H15ClINO3/c1-2-3-9(13(18)19)7-16-12(17)8-4-5-11(15)10(14)6-8/h4-6,9H,2-3,7H2,1H3,(H,16,17)(H,18,19). The van der Waals surface area contributed by atoms with Crippen LogP contribution in [0, 0.1) is 9.49 Å². The molecule has 0 aliphatic rings. The molecule has 0 aliphatic heterocycles. The van der Waals surface area contributed by atoms with Gasteiger partial charge in [0.25, 0.3) is 5.91 Å². The van der Waals surface area contributed by atoms with E-state index >= 15 is 0 Å². The molecule has 0 radical (unpaired) electrons. The molecule has 6 heteroatoms. The molecular formula is C13H15ClINO3. The van der Waals surface area contributed by atoms with Crippen LogP contribution in [0.5, 0.6) is 0 Å². The maximum atomic E-state index is 11.9. The Morgan fingerprint density at radius 2 is 2.16 bits per heavy atom. The maximum Gasteiger partial charge on any atom is 0.308 e. The summed E-state index contributed by atoms with van der Waals surface area (Å²) in [5.74, 6) is -1.74. The van der Waals surface area contributed by atoms with Crippen molar-refractivity contribution in [2.45, 2.75) is 19.8 Å². The molecule has 0 spiro atoms. The summed E-state index contributed by atoms with van der Waals surface area (Å²) in [6.07, 6.45) is 1.31. The highest BCUT2D eigenvalue weighted by Crippen LogP contribution is 2.19. The average Bonchev–Trinajstić information content (AvgIpc) is 2.37. The van der Waals surface area contributed by atoms with E-state index in [1.165, 1.54) is 0 Å². The highest BCUT2D eigenvalue weighted by molar-refractivity contribution is 14.1. The predicted molar refractivity (Wildman–Crippen MR) is 82.5 cm³/mol. The van der Waals surface area contributed by atoms with Crippen molar-refractivity contribution in [1.29, 1.82) is 0 Å². The molecule has 2 N–H and O–H groups in total. The number of aliphatic carboxylic acids is 1. The highest BCUT2D eigenvalue weighted by atomic mass is 127. The SMILES string of the molecule is CCCC(CNC(=O)c1ccc(I)c(Cl)c1)C(=O)O. The zero-order valence-electron chi connectivity index (χ0n) is 10.5. The van der Waals surface area contributed by atoms with E-state index in [0.717, 1.165) is 9.99 Å². The Balaban J connectivity index is 2.63. The van der Waals surface area contributed by atoms with Crippen LogP contribution in [-0.4, -0.2) is 23.5 Å². The number of carboxylic acid groups (broad SMARTS) is 1. The van der Waals surface area contributed by atoms with Crippen molar-refractivity contribution >= 4 is 46.1 Å². The molecule has 4 nitrogen and oxygen atoms in total. The number of carboxylic acids is 1. The minimum atomic E-state index is -0.886. The van der Waals surface area contributed by atoms with Crippen molar-refractivity contribution in [3.05, 3.63) is 32.4 Å². The summed E-state index contributed by atoms with van der Waals surface area (Å²) in [6.45, 7) is 2.04. The zero-order chi connectivity index (χ0) is 14.4. The van der Waals surface area contributed by atoms with Crippen LogP contribution < -0.4 is 5.32 Å². The number of carbonyl (C=O) groups is 2. The van der Waals surface area contributed by atoms with Gasteiger partial charge in [0.1, 0.15) is 0 Å². The van der Waals surface area contributed by atoms with Crippen LogP contribution in [0.3, 0.4) is 0 Å². The summed E-state index contributed by atoms with van der Waals surface area (Å²) in [5, 5.41) is 12.1. The molecule has 104 valence electrons. The molecule has 1 unspecified atom stereocenters. The summed E-state index contributed by atoms with van der Waals surface area (Å²) in [6, 6.07) is 4.99. The van der Waals surface area contributed by atoms with Crippen molar-refractivity contribution < 1.29 is 14.7 Å². The molecule has 1 amide bonds. The van der Waals surface area contributed by atoms with Crippen LogP contribution in [0.4, 0.5) is 0 Å². The summed E-state index contributed by atoms with van der Waals surface area (Å²) in [4.78, 5) is 22.8. The Hall–Kier alpha value is -0.820. The monoisotopic (exact) mass is 395 g/mol. The van der Waals surface area contributed by atoms with Gasteiger partial charge in [-0.3, -0.25) is 9.59 Å². The molecule has 1 aromatic rings. The van der Waals surface area contributed by atoms with Gasteiger partial charge >= 0.3 is 5.97 Å². The van der Waals surface area contributed by atoms with Crippen LogP contribution >= 0.6 is 34.2 Å². The maximum absolute atomic E-state index is 11.9. The molecule has 0 saturated heterocycles. The fraction of sp³-hybridized carbons (Fsp3) is 0.385. The number of amides is 1. The number of nitrogens with one attached hydrogen (secondary N) is 1. The summed E-state index contributed by atoms with van der Waals surface area (Å²) < 4.78 is 0.866. The molecule has 0 aromatic heterocycles. The van der Waals surface area contributed by atoms with E-state index in [9.17, 15) is 9.59 Å². The van der Waals surface area contributed by atoms with E-state index in [1.807, 2.05) is 6.92 Å². The third-order valence-electron chi connectivity index (χ3n) is 2.68. The van der Waals surface area contributed by atoms with Gasteiger partial charge < -0.3 is 10.4 Å². The first-order valence-corrected chi connectivity index (χ1v) is 7.37. The Labute approximate surface area is 130 Å². The fourth-order valence-electron chi connectivity index (χ4n) is 1.62. The van der Waals surface area contributed by atoms with E-state index < -0.39 is 11.9 Å². The lowest BCUT2D eigenvalue weighted by Gasteiger charge is -2.12. The number of hydrogen-bond donors (Lipinski definition) is 2. The largest absolute Gasteiger partial charge is 0.481 e. The van der Waals surface area contributed by atoms with Crippen LogP contribution in [-0.2, 0) is 4.79 Å². The number of benzene rings is 1. The van der Waals surface area contributed by atoms with Crippen molar-refractivity contribution in [3.8, 4) is 0 Å². The predicted octanol–water partition coefficient (Wildman–Crippen LogP) is 3.18. The van der Waals surface area contributed by atoms with Gasteiger partial charge in [0.2, 0.25) is 0 Å². The first-order valence-electron chi connectivity index (χ1n) is 5.91. The van der Waals surface area contributed by atoms with Gasteiger partial charge in [-0.15, -0.1) is 0 Å². The molecular weight excluding hydrogens is 381 g/mol. The minimum absolute atomic E-state index is 0.131. The molecule has 0 bridgehead atoms. The lowest BCUT2D eigenvalue weighted by Crippen LogP contribution is -2.32. The van der Waals surface area contributed by atoms with Crippen molar-refractivity contribution in [3.63, 3.8) is 0 Å². The second kappa shape index (κ2) is 7.69. The summed E-state index contributed by atoms with van der Waals surface area (Å²) in [5.41, 5.74) is 0.436. The van der Waals surface area contributed by atoms with Crippen LogP contribution in [0.2, 0.25) is 5.02 Å². The normalized spacial score (nSPS) is 11.9. The van der Waals surface area contributed by atoms with Gasteiger partial charge in [0.05, 0.1) is 10.9 Å². The van der Waals surface area contributed by atoms with Gasteiger partial charge in [-0.25, -0.2) is 0 Å². The van der Waals surface area contributed by atoms with E-state index in [0.29, 0.717) is 17.0 Å². The van der Waals surface area contributed by atoms with Crippen LogP contribution in [0.1, 0.15) is 30.1 Å². The van der Waals surface area contributed by atoms with Gasteiger partial charge in [-0.1, -0.05) is 24.9 Å². The highest BCUT2D eigenvalue weighted by Gasteiger charge is 2.17. The quantitative estimate of drug-likeness (QED) is 0.727. The Morgan fingerprint density at radius 1 is 1.47 bits per heavy atom. The number of halogens is 2. The first-order chi connectivity index (χ1) is 8.95. The summed E-state index contributed by atoms with van der Waals surface area (Å²) in [7, 11) is 0. The van der Waals surface area contributed by atoms with E-state index in [1.54, 1.807) is 18.2 Å². The van der Waals surface area contributed by atoms with Crippen molar-refractivity contribution in [1.82, 2.24) is 5.32 Å². The Morgan fingerprint density at radius 3 is 2.68 bits per heavy atom. The van der Waals surface area contributed by atoms with E-state index in [-0.39, 0.29) is 12.5 Å². The second-order valence-corrected chi connectivity index (χ2v) is 5.73. The molecule has 19 heavy (non-hydrogen) atoms. The van der Waals surface area contributed by atoms with Crippen LogP contribution in [0.15, 0.2) is 18.2 Å². The van der Waals surface area contributed by atoms with E-state index in [4.69, 9.17) is 16.7 Å². The number of hydrogen-bond acceptors (Lipinski definition) is 2. The molecule has 0 aliphatic carbocycles. The van der Waals surface area contributed by atoms with Crippen molar-refractivity contribution in [2.75, 3.05) is 6.54 Å². The van der Waals surface area contributed by atoms with E-state index in [2.05, 4.69) is 27.9 Å². The second-order valence-electron chi connectivity index (χ2n) is 4.16. The van der Waals surface area contributed by atoms with Crippen molar-refractivity contribution in [2.24, 2.45) is 5.92 Å². The topological polar surface area (TPSA) is 66.4 Å². The van der Waals surface area contributed by atoms with Gasteiger partial charge in [0, 0.05) is 15.7 Å². The molecule has 1 aromatic carbocycles. The lowest BCUT2D eigenvalue weighted by atomic mass is 10.0. The van der Waals surface area contributed by atoms with Gasteiger partial charge in [0.15, 0.2) is 0 Å². The summed E-state index contributed by atoms with van der Waals surface area (Å²) >= 11 is 8.01. The molecule has 0 heterocycles. The lowest BCUT2D eigenvalue weighted by molar-refractivity contribution is -0.141. The smallest absolute Gasteiger partial charge is 0.308 e. The molecule has 1 atom stereocenters. The third-order valence-corrected chi connectivity index (χ3v) is 4.25. The Kier molecular flexibility index (Phi) is 6.57. The third kappa shape index (κ3) is 4.99. The van der Waals surface area contributed by atoms with Gasteiger partial charge in [-0.05, 0) is 47.2 Å². The molecule has 0 fully saturated rings.